The summed E-state index contributed by atoms with van der Waals surface area (Å²) in [5.41, 5.74) is 3.19. The Balaban J connectivity index is 1.79. The lowest BCUT2D eigenvalue weighted by Crippen LogP contribution is -2.55. The number of rotatable bonds is 6. The number of pyridine rings is 2. The van der Waals surface area contributed by atoms with Gasteiger partial charge in [-0.2, -0.15) is 4.98 Å². The molecule has 10 heteroatoms. The second-order valence-corrected chi connectivity index (χ2v) is 13.8. The van der Waals surface area contributed by atoms with E-state index in [0.29, 0.717) is 64.0 Å². The fourth-order valence-electron chi connectivity index (χ4n) is 5.94. The molecular weight excluding hydrogens is 600 g/mol. The van der Waals surface area contributed by atoms with Crippen LogP contribution in [0, 0.1) is 0 Å². The van der Waals surface area contributed by atoms with Crippen molar-refractivity contribution in [1.29, 1.82) is 0 Å². The van der Waals surface area contributed by atoms with Gasteiger partial charge in [0.1, 0.15) is 11.4 Å². The van der Waals surface area contributed by atoms with Gasteiger partial charge in [-0.25, -0.2) is 19.1 Å². The van der Waals surface area contributed by atoms with Crippen LogP contribution in [-0.4, -0.2) is 61.8 Å². The highest BCUT2D eigenvalue weighted by Crippen LogP contribution is 2.37. The van der Waals surface area contributed by atoms with Gasteiger partial charge in [-0.15, -0.1) is 0 Å². The molecule has 0 saturated carbocycles. The second-order valence-electron chi connectivity index (χ2n) is 13.4. The van der Waals surface area contributed by atoms with E-state index in [2.05, 4.69) is 13.8 Å². The van der Waals surface area contributed by atoms with Crippen LogP contribution in [0.3, 0.4) is 0 Å². The zero-order valence-corrected chi connectivity index (χ0v) is 28.5. The van der Waals surface area contributed by atoms with Gasteiger partial charge >= 0.3 is 11.8 Å². The molecule has 9 nitrogen and oxygen atoms in total. The fraction of sp³-hybridized carbons (Fsp3) is 0.417. The number of halogens is 1. The van der Waals surface area contributed by atoms with Gasteiger partial charge in [0.05, 0.1) is 30.2 Å². The molecule has 0 aliphatic carbocycles. The summed E-state index contributed by atoms with van der Waals surface area (Å²) in [6.07, 6.45) is 2.82. The number of amides is 1. The fourth-order valence-corrected chi connectivity index (χ4v) is 6.19. The van der Waals surface area contributed by atoms with Crippen LogP contribution in [0.4, 0.5) is 10.6 Å². The van der Waals surface area contributed by atoms with E-state index in [9.17, 15) is 9.59 Å². The number of ether oxygens (including phenoxy) is 1. The van der Waals surface area contributed by atoms with E-state index in [0.717, 1.165) is 11.3 Å². The van der Waals surface area contributed by atoms with Crippen molar-refractivity contribution < 1.29 is 12.3 Å². The molecule has 1 saturated heterocycles. The quantitative estimate of drug-likeness (QED) is 0.211. The molecule has 1 aliphatic rings. The lowest BCUT2D eigenvalue weighted by Gasteiger charge is -2.41. The van der Waals surface area contributed by atoms with Crippen molar-refractivity contribution >= 4 is 40.6 Å². The third-order valence-corrected chi connectivity index (χ3v) is 8.39. The topological polar surface area (TPSA) is 93.5 Å². The molecule has 1 aromatic carbocycles. The number of hydrogen-bond acceptors (Lipinski definition) is 7. The molecule has 0 bridgehead atoms. The molecule has 1 atom stereocenters. The molecule has 0 unspecified atom stereocenters. The van der Waals surface area contributed by atoms with Gasteiger partial charge in [0.2, 0.25) is 0 Å². The van der Waals surface area contributed by atoms with E-state index in [1.807, 2.05) is 70.7 Å². The Labute approximate surface area is 278 Å². The Morgan fingerprint density at radius 3 is 2.52 bits per heavy atom. The van der Waals surface area contributed by atoms with Crippen molar-refractivity contribution in [3.8, 4) is 16.9 Å². The predicted octanol–water partition coefficient (Wildman–Crippen LogP) is 7.83. The first-order chi connectivity index (χ1) is 22.6. The van der Waals surface area contributed by atoms with Crippen molar-refractivity contribution in [2.75, 3.05) is 24.5 Å². The van der Waals surface area contributed by atoms with E-state index >= 15 is 0 Å². The van der Waals surface area contributed by atoms with Crippen LogP contribution < -0.4 is 10.6 Å². The molecule has 1 fully saturated rings. The minimum absolute atomic E-state index is 0.00792. The Kier molecular flexibility index (Phi) is 8.51. The number of carbonyl (C=O) groups excluding carboxylic acids is 1. The molecule has 4 heterocycles. The summed E-state index contributed by atoms with van der Waals surface area (Å²) >= 11 is 7.03. The van der Waals surface area contributed by atoms with Crippen molar-refractivity contribution in [1.82, 2.24) is 24.4 Å². The standard InChI is InChI=1S/C36H43ClN6O3/c1-10-24-13-11-12-14-26(24)30-28(37)19-27-32(42-18-17-41(20-23(42)6)35(45)46-36(7,8)9)40-34(44)43(33(27)39-30)31-25(21(2)3)15-16-38-29(31)22(4)5/h10-16,19,21-23H,1,17-18,20H2,2-9H3/t23-/m0/s1/i1D2. The lowest BCUT2D eigenvalue weighted by molar-refractivity contribution is 0.0218. The summed E-state index contributed by atoms with van der Waals surface area (Å²) in [5.74, 6) is 0.483. The van der Waals surface area contributed by atoms with Gasteiger partial charge in [0.15, 0.2) is 5.65 Å². The highest BCUT2D eigenvalue weighted by atomic mass is 35.5. The van der Waals surface area contributed by atoms with E-state index in [1.165, 1.54) is 6.08 Å². The average Bonchev–Trinajstić information content (AvgIpc) is 2.99. The zero-order valence-electron chi connectivity index (χ0n) is 29.8. The number of carbonyl (C=O) groups is 1. The summed E-state index contributed by atoms with van der Waals surface area (Å²) in [5, 5.41) is 0.899. The maximum Gasteiger partial charge on any atom is 0.410 e. The first kappa shape index (κ1) is 30.4. The maximum atomic E-state index is 14.4. The van der Waals surface area contributed by atoms with Crippen LogP contribution in [0.5, 0.6) is 0 Å². The van der Waals surface area contributed by atoms with Crippen molar-refractivity contribution in [2.24, 2.45) is 0 Å². The Morgan fingerprint density at radius 1 is 1.13 bits per heavy atom. The molecule has 1 amide bonds. The highest BCUT2D eigenvalue weighted by Gasteiger charge is 2.33. The van der Waals surface area contributed by atoms with Gasteiger partial charge in [0, 0.05) is 37.4 Å². The zero-order chi connectivity index (χ0) is 35.1. The maximum absolute atomic E-state index is 14.4. The van der Waals surface area contributed by atoms with Gasteiger partial charge in [-0.05, 0) is 62.8 Å². The van der Waals surface area contributed by atoms with E-state index in [4.69, 9.17) is 34.0 Å². The first-order valence-corrected chi connectivity index (χ1v) is 16.1. The summed E-state index contributed by atoms with van der Waals surface area (Å²) < 4.78 is 22.7. The number of fused-ring (bicyclic) bond motifs is 1. The highest BCUT2D eigenvalue weighted by molar-refractivity contribution is 6.34. The molecule has 0 N–H and O–H groups in total. The molecule has 5 rings (SSSR count). The Hall–Kier alpha value is -4.24. The minimum Gasteiger partial charge on any atom is -0.444 e. The minimum atomic E-state index is -0.618. The molecule has 0 spiro atoms. The van der Waals surface area contributed by atoms with Crippen molar-refractivity contribution in [2.45, 2.75) is 78.9 Å². The van der Waals surface area contributed by atoms with Gasteiger partial charge in [-0.1, -0.05) is 76.2 Å². The third-order valence-electron chi connectivity index (χ3n) is 8.10. The van der Waals surface area contributed by atoms with Gasteiger partial charge < -0.3 is 14.5 Å². The number of nitrogens with zero attached hydrogens (tertiary/aromatic N) is 6. The number of benzene rings is 1. The molecule has 3 aromatic heterocycles. The van der Waals surface area contributed by atoms with Crippen LogP contribution in [0.15, 0.2) is 53.9 Å². The smallest absolute Gasteiger partial charge is 0.410 e. The average molecular weight is 645 g/mol. The summed E-state index contributed by atoms with van der Waals surface area (Å²) in [6.45, 7) is 16.5. The number of aromatic nitrogens is 4. The van der Waals surface area contributed by atoms with Crippen molar-refractivity contribution in [3.63, 3.8) is 0 Å². The lowest BCUT2D eigenvalue weighted by atomic mass is 9.97. The van der Waals surface area contributed by atoms with Crippen LogP contribution >= 0.6 is 11.6 Å². The molecule has 46 heavy (non-hydrogen) atoms. The normalized spacial score (nSPS) is 16.1. The van der Waals surface area contributed by atoms with Gasteiger partial charge in [0.25, 0.3) is 0 Å². The van der Waals surface area contributed by atoms with Crippen LogP contribution in [0.2, 0.25) is 5.02 Å². The number of anilines is 1. The SMILES string of the molecule is [2H]C([2H])=Cc1ccccc1-c1nc2c(cc1Cl)c(N1CCN(C(=O)OC(C)(C)C)C[C@@H]1C)nc(=O)n2-c1c(C(C)C)ccnc1C(C)C. The molecular formula is C36H43ClN6O3. The largest absolute Gasteiger partial charge is 0.444 e. The van der Waals surface area contributed by atoms with Crippen LogP contribution in [0.1, 0.15) is 86.8 Å². The van der Waals surface area contributed by atoms with Gasteiger partial charge in [-0.3, -0.25) is 4.98 Å². The molecule has 242 valence electrons. The molecule has 1 aliphatic heterocycles. The third kappa shape index (κ3) is 6.38. The summed E-state index contributed by atoms with van der Waals surface area (Å²) in [4.78, 5) is 45.5. The Bertz CT molecular complexity index is 1920. The second kappa shape index (κ2) is 12.9. The van der Waals surface area contributed by atoms with Crippen LogP contribution in [0.25, 0.3) is 34.1 Å². The summed E-state index contributed by atoms with van der Waals surface area (Å²) in [7, 11) is 0. The van der Waals surface area contributed by atoms with E-state index in [1.54, 1.807) is 27.8 Å². The number of hydrogen-bond donors (Lipinski definition) is 0. The monoisotopic (exact) mass is 644 g/mol. The van der Waals surface area contributed by atoms with E-state index in [-0.39, 0.29) is 30.5 Å². The molecule has 0 radical (unpaired) electrons. The Morgan fingerprint density at radius 2 is 1.87 bits per heavy atom. The predicted molar refractivity (Wildman–Crippen MR) is 186 cm³/mol. The van der Waals surface area contributed by atoms with Crippen LogP contribution in [-0.2, 0) is 4.74 Å². The number of piperazine rings is 1. The summed E-state index contributed by atoms with van der Waals surface area (Å²) in [6, 6.07) is 10.8. The first-order valence-electron chi connectivity index (χ1n) is 16.7. The van der Waals surface area contributed by atoms with E-state index < -0.39 is 11.3 Å². The molecule has 4 aromatic rings. The van der Waals surface area contributed by atoms with Crippen molar-refractivity contribution in [3.05, 3.63) is 81.5 Å².